The fourth-order valence-electron chi connectivity index (χ4n) is 2.80. The maximum Gasteiger partial charge on any atom is 0.145 e. The van der Waals surface area contributed by atoms with E-state index in [1.165, 1.54) is 25.7 Å². The highest BCUT2D eigenvalue weighted by Gasteiger charge is 2.19. The molecule has 4 heteroatoms. The number of nitrogens with two attached hydrogens (primary N) is 1. The second-order valence-electron chi connectivity index (χ2n) is 5.33. The molecule has 1 saturated carbocycles. The van der Waals surface area contributed by atoms with Crippen LogP contribution in [0.4, 0.5) is 0 Å². The van der Waals surface area contributed by atoms with Crippen LogP contribution < -0.4 is 11.3 Å². The number of hydrazine groups is 1. The molecule has 0 aliphatic heterocycles. The van der Waals surface area contributed by atoms with E-state index in [9.17, 15) is 0 Å². The van der Waals surface area contributed by atoms with Crippen molar-refractivity contribution in [3.05, 3.63) is 35.9 Å². The molecule has 0 radical (unpaired) electrons. The van der Waals surface area contributed by atoms with Gasteiger partial charge in [-0.15, -0.1) is 0 Å². The Labute approximate surface area is 121 Å². The Kier molecular flexibility index (Phi) is 6.02. The van der Waals surface area contributed by atoms with Crippen molar-refractivity contribution in [1.82, 2.24) is 5.43 Å². The van der Waals surface area contributed by atoms with Crippen molar-refractivity contribution >= 4 is 5.84 Å². The fraction of sp³-hybridized carbons (Fsp3) is 0.562. The lowest BCUT2D eigenvalue weighted by atomic mass is 10.1. The molecule has 4 nitrogen and oxygen atoms in total. The molecule has 2 rings (SSSR count). The molecule has 0 spiro atoms. The van der Waals surface area contributed by atoms with E-state index in [4.69, 9.17) is 15.6 Å². The molecule has 110 valence electrons. The molecule has 1 aromatic rings. The molecule has 0 bridgehead atoms. The fourth-order valence-corrected chi connectivity index (χ4v) is 2.80. The van der Waals surface area contributed by atoms with Gasteiger partial charge in [0, 0.05) is 7.11 Å². The van der Waals surface area contributed by atoms with Crippen LogP contribution in [0.15, 0.2) is 35.3 Å². The summed E-state index contributed by atoms with van der Waals surface area (Å²) in [5.74, 6) is 6.41. The van der Waals surface area contributed by atoms with Gasteiger partial charge in [0.05, 0.1) is 6.04 Å². The van der Waals surface area contributed by atoms with Crippen LogP contribution >= 0.6 is 0 Å². The summed E-state index contributed by atoms with van der Waals surface area (Å²) in [6.07, 6.45) is 7.24. The molecule has 1 aliphatic rings. The molecule has 0 aromatic heterocycles. The Bertz CT molecular complexity index is 411. The lowest BCUT2D eigenvalue weighted by molar-refractivity contribution is 0.154. The number of rotatable bonds is 4. The maximum atomic E-state index is 5.68. The minimum absolute atomic E-state index is 0.218. The minimum atomic E-state index is -0.218. The molecule has 1 aliphatic carbocycles. The highest BCUT2D eigenvalue weighted by Crippen LogP contribution is 2.22. The SMILES string of the molecule is COC(C(=NC1CCCCCC1)NN)c1ccccc1. The van der Waals surface area contributed by atoms with E-state index < -0.39 is 0 Å². The number of hydrogen-bond donors (Lipinski definition) is 2. The first-order valence-electron chi connectivity index (χ1n) is 7.47. The number of hydrogen-bond acceptors (Lipinski definition) is 3. The Morgan fingerprint density at radius 1 is 1.20 bits per heavy atom. The van der Waals surface area contributed by atoms with E-state index in [1.54, 1.807) is 7.11 Å². The Hall–Kier alpha value is -1.39. The average Bonchev–Trinajstić information content (AvgIpc) is 2.76. The second-order valence-corrected chi connectivity index (χ2v) is 5.33. The molecule has 20 heavy (non-hydrogen) atoms. The van der Waals surface area contributed by atoms with Gasteiger partial charge in [0.1, 0.15) is 11.9 Å². The monoisotopic (exact) mass is 275 g/mol. The average molecular weight is 275 g/mol. The first kappa shape index (κ1) is 15.0. The first-order valence-corrected chi connectivity index (χ1v) is 7.47. The molecule has 3 N–H and O–H groups in total. The van der Waals surface area contributed by atoms with Gasteiger partial charge in [0.25, 0.3) is 0 Å². The molecular formula is C16H25N3O. The second kappa shape index (κ2) is 8.02. The number of ether oxygens (including phenoxy) is 1. The van der Waals surface area contributed by atoms with E-state index in [2.05, 4.69) is 5.43 Å². The van der Waals surface area contributed by atoms with Gasteiger partial charge in [-0.3, -0.25) is 4.99 Å². The van der Waals surface area contributed by atoms with Crippen molar-refractivity contribution in [3.63, 3.8) is 0 Å². The van der Waals surface area contributed by atoms with Crippen LogP contribution in [-0.4, -0.2) is 19.0 Å². The highest BCUT2D eigenvalue weighted by molar-refractivity contribution is 5.87. The summed E-state index contributed by atoms with van der Waals surface area (Å²) < 4.78 is 5.59. The predicted molar refractivity (Wildman–Crippen MR) is 82.4 cm³/mol. The smallest absolute Gasteiger partial charge is 0.145 e. The van der Waals surface area contributed by atoms with Crippen molar-refractivity contribution in [2.24, 2.45) is 10.8 Å². The van der Waals surface area contributed by atoms with Crippen molar-refractivity contribution in [2.45, 2.75) is 50.7 Å². The van der Waals surface area contributed by atoms with Crippen LogP contribution in [0, 0.1) is 0 Å². The summed E-state index contributed by atoms with van der Waals surface area (Å²) in [7, 11) is 1.69. The lowest BCUT2D eigenvalue weighted by Crippen LogP contribution is -2.37. The molecule has 1 atom stereocenters. The van der Waals surface area contributed by atoms with Crippen LogP contribution in [0.5, 0.6) is 0 Å². The van der Waals surface area contributed by atoms with Crippen molar-refractivity contribution in [2.75, 3.05) is 7.11 Å². The van der Waals surface area contributed by atoms with E-state index in [1.807, 2.05) is 30.3 Å². The quantitative estimate of drug-likeness (QED) is 0.292. The van der Waals surface area contributed by atoms with Gasteiger partial charge >= 0.3 is 0 Å². The number of nitrogens with one attached hydrogen (secondary N) is 1. The van der Waals surface area contributed by atoms with Crippen LogP contribution in [0.2, 0.25) is 0 Å². The number of amidine groups is 1. The number of benzene rings is 1. The third-order valence-corrected chi connectivity index (χ3v) is 3.88. The normalized spacial score (nSPS) is 19.4. The van der Waals surface area contributed by atoms with E-state index in [0.717, 1.165) is 24.2 Å². The number of nitrogens with zero attached hydrogens (tertiary/aromatic N) is 1. The van der Waals surface area contributed by atoms with Gasteiger partial charge < -0.3 is 10.2 Å². The topological polar surface area (TPSA) is 59.6 Å². The van der Waals surface area contributed by atoms with E-state index in [0.29, 0.717) is 6.04 Å². The summed E-state index contributed by atoms with van der Waals surface area (Å²) in [5, 5.41) is 0. The largest absolute Gasteiger partial charge is 0.369 e. The van der Waals surface area contributed by atoms with E-state index in [-0.39, 0.29) is 6.10 Å². The van der Waals surface area contributed by atoms with Crippen molar-refractivity contribution in [1.29, 1.82) is 0 Å². The Morgan fingerprint density at radius 3 is 2.40 bits per heavy atom. The van der Waals surface area contributed by atoms with Gasteiger partial charge in [-0.25, -0.2) is 5.84 Å². The van der Waals surface area contributed by atoms with Gasteiger partial charge in [0.2, 0.25) is 0 Å². The van der Waals surface area contributed by atoms with Crippen molar-refractivity contribution < 1.29 is 4.74 Å². The summed E-state index contributed by atoms with van der Waals surface area (Å²) >= 11 is 0. The summed E-state index contributed by atoms with van der Waals surface area (Å²) in [6, 6.07) is 10.4. The minimum Gasteiger partial charge on any atom is -0.369 e. The number of methoxy groups -OCH3 is 1. The van der Waals surface area contributed by atoms with Crippen molar-refractivity contribution in [3.8, 4) is 0 Å². The molecule has 0 saturated heterocycles. The third-order valence-electron chi connectivity index (χ3n) is 3.88. The summed E-state index contributed by atoms with van der Waals surface area (Å²) in [4.78, 5) is 4.82. The predicted octanol–water partition coefficient (Wildman–Crippen LogP) is 2.96. The summed E-state index contributed by atoms with van der Waals surface area (Å²) in [5.41, 5.74) is 3.81. The third kappa shape index (κ3) is 4.05. The zero-order valence-electron chi connectivity index (χ0n) is 12.2. The molecule has 1 fully saturated rings. The lowest BCUT2D eigenvalue weighted by Gasteiger charge is -2.20. The molecule has 1 aromatic carbocycles. The first-order chi connectivity index (χ1) is 9.85. The maximum absolute atomic E-state index is 5.68. The molecule has 1 unspecified atom stereocenters. The van der Waals surface area contributed by atoms with Gasteiger partial charge in [-0.05, 0) is 18.4 Å². The zero-order valence-corrected chi connectivity index (χ0v) is 12.2. The van der Waals surface area contributed by atoms with Gasteiger partial charge in [0.15, 0.2) is 0 Å². The van der Waals surface area contributed by atoms with Crippen LogP contribution in [0.3, 0.4) is 0 Å². The van der Waals surface area contributed by atoms with Crippen LogP contribution in [0.25, 0.3) is 0 Å². The van der Waals surface area contributed by atoms with Crippen LogP contribution in [0.1, 0.15) is 50.2 Å². The zero-order chi connectivity index (χ0) is 14.2. The number of aliphatic imine (C=N–C) groups is 1. The van der Waals surface area contributed by atoms with Gasteiger partial charge in [-0.1, -0.05) is 56.0 Å². The molecular weight excluding hydrogens is 250 g/mol. The standard InChI is InChI=1S/C16H25N3O/c1-20-15(13-9-5-4-6-10-13)16(19-17)18-14-11-7-2-3-8-12-14/h4-6,9-10,14-15H,2-3,7-8,11-12,17H2,1H3,(H,18,19). The molecule has 0 heterocycles. The Morgan fingerprint density at radius 2 is 1.85 bits per heavy atom. The Balaban J connectivity index is 2.15. The molecule has 0 amide bonds. The summed E-state index contributed by atoms with van der Waals surface area (Å²) in [6.45, 7) is 0. The van der Waals surface area contributed by atoms with E-state index >= 15 is 0 Å². The van der Waals surface area contributed by atoms with Gasteiger partial charge in [-0.2, -0.15) is 0 Å². The van der Waals surface area contributed by atoms with Crippen LogP contribution in [-0.2, 0) is 4.74 Å². The highest BCUT2D eigenvalue weighted by atomic mass is 16.5.